The van der Waals surface area contributed by atoms with E-state index in [0.717, 1.165) is 13.3 Å². The molecule has 0 saturated carbocycles. The zero-order valence-electron chi connectivity index (χ0n) is 20.4. The van der Waals surface area contributed by atoms with Crippen molar-refractivity contribution in [2.24, 2.45) is 0 Å². The number of hydrogen-bond donors (Lipinski definition) is 1. The van der Waals surface area contributed by atoms with Gasteiger partial charge in [0.1, 0.15) is 23.0 Å². The third-order valence-electron chi connectivity index (χ3n) is 5.83. The van der Waals surface area contributed by atoms with Crippen LogP contribution in [0.3, 0.4) is 0 Å². The number of hydrogen-bond acceptors (Lipinski definition) is 7. The van der Waals surface area contributed by atoms with E-state index in [2.05, 4.69) is 5.32 Å². The van der Waals surface area contributed by atoms with Gasteiger partial charge < -0.3 is 28.8 Å². The molecule has 1 amide bonds. The maximum Gasteiger partial charge on any atom is 0.359 e. The van der Waals surface area contributed by atoms with Crippen molar-refractivity contribution in [3.63, 3.8) is 0 Å². The molecule has 0 spiro atoms. The van der Waals surface area contributed by atoms with Gasteiger partial charge in [0.2, 0.25) is 5.43 Å². The van der Waals surface area contributed by atoms with Crippen LogP contribution in [0.4, 0.5) is 13.2 Å². The third kappa shape index (κ3) is 5.09. The smallest absolute Gasteiger partial charge is 0.359 e. The van der Waals surface area contributed by atoms with Crippen LogP contribution in [-0.4, -0.2) is 49.7 Å². The summed E-state index contributed by atoms with van der Waals surface area (Å²) in [6, 6.07) is 0.947. The molecule has 1 N–H and O–H groups in total. The van der Waals surface area contributed by atoms with Gasteiger partial charge in [-0.2, -0.15) is 0 Å². The quantitative estimate of drug-likeness (QED) is 0.537. The number of pyridine rings is 1. The molecule has 1 aliphatic rings. The SMILES string of the molecule is COc1c(C(=O)OC(C)C)n(C2(C)CCOC2OC)cc(C(=O)NCc2c(F)cc(F)cc2F)c1=O.[HH].[HH]. The zero-order chi connectivity index (χ0) is 26.8. The summed E-state index contributed by atoms with van der Waals surface area (Å²) in [5, 5.41) is 2.26. The van der Waals surface area contributed by atoms with Crippen LogP contribution in [0.1, 0.15) is 56.5 Å². The Morgan fingerprint density at radius 2 is 1.89 bits per heavy atom. The Morgan fingerprint density at radius 1 is 1.25 bits per heavy atom. The number of nitrogens with zero attached hydrogens (tertiary/aromatic N) is 1. The molecule has 1 saturated heterocycles. The lowest BCUT2D eigenvalue weighted by molar-refractivity contribution is -0.132. The summed E-state index contributed by atoms with van der Waals surface area (Å²) >= 11 is 0. The van der Waals surface area contributed by atoms with Crippen molar-refractivity contribution in [2.45, 2.75) is 51.7 Å². The number of carbonyl (C=O) groups excluding carboxylic acids is 2. The first-order chi connectivity index (χ1) is 16.9. The number of ether oxygens (including phenoxy) is 4. The maximum absolute atomic E-state index is 14.0. The van der Waals surface area contributed by atoms with Gasteiger partial charge in [-0.05, 0) is 27.2 Å². The van der Waals surface area contributed by atoms with E-state index in [1.54, 1.807) is 20.8 Å². The van der Waals surface area contributed by atoms with Gasteiger partial charge in [0, 0.05) is 40.4 Å². The standard InChI is InChI=1S/C24H27F3N2O7.2H2/c1-12(2)36-22(32)18-20(33-4)19(30)15(11-29(18)24(3)6-7-35-23(24)34-5)21(31)28-10-14-16(26)8-13(25)9-17(14)27;;/h8-9,11-12,23H,6-7,10H2,1-5H3,(H,28,31);2*1H. The van der Waals surface area contributed by atoms with Crippen molar-refractivity contribution < 1.29 is 44.6 Å². The van der Waals surface area contributed by atoms with Crippen LogP contribution in [-0.2, 0) is 26.3 Å². The molecule has 12 heteroatoms. The van der Waals surface area contributed by atoms with Crippen molar-refractivity contribution >= 4 is 11.9 Å². The maximum atomic E-state index is 14.0. The third-order valence-corrected chi connectivity index (χ3v) is 5.83. The van der Waals surface area contributed by atoms with E-state index in [0.29, 0.717) is 18.6 Å². The largest absolute Gasteiger partial charge is 0.491 e. The molecular weight excluding hydrogens is 485 g/mol. The second-order valence-electron chi connectivity index (χ2n) is 8.65. The van der Waals surface area contributed by atoms with Gasteiger partial charge in [0.25, 0.3) is 5.91 Å². The number of nitrogens with one attached hydrogen (secondary N) is 1. The van der Waals surface area contributed by atoms with Crippen LogP contribution in [0.2, 0.25) is 0 Å². The molecule has 0 bridgehead atoms. The number of amides is 1. The Hall–Kier alpha value is -3.38. The molecule has 2 heterocycles. The van der Waals surface area contributed by atoms with Crippen molar-refractivity contribution in [3.05, 3.63) is 62.8 Å². The van der Waals surface area contributed by atoms with Crippen molar-refractivity contribution in [1.29, 1.82) is 0 Å². The number of benzene rings is 1. The zero-order valence-corrected chi connectivity index (χ0v) is 20.4. The van der Waals surface area contributed by atoms with Gasteiger partial charge in [-0.25, -0.2) is 18.0 Å². The number of rotatable bonds is 8. The lowest BCUT2D eigenvalue weighted by Gasteiger charge is -2.34. The average Bonchev–Trinajstić information content (AvgIpc) is 3.18. The van der Waals surface area contributed by atoms with Crippen molar-refractivity contribution in [1.82, 2.24) is 9.88 Å². The topological polar surface area (TPSA) is 105 Å². The highest BCUT2D eigenvalue weighted by Gasteiger charge is 2.45. The second kappa shape index (κ2) is 10.7. The first-order valence-corrected chi connectivity index (χ1v) is 11.1. The van der Waals surface area contributed by atoms with Gasteiger partial charge in [0.15, 0.2) is 17.7 Å². The van der Waals surface area contributed by atoms with Crippen LogP contribution in [0.5, 0.6) is 5.75 Å². The van der Waals surface area contributed by atoms with Crippen molar-refractivity contribution in [2.75, 3.05) is 20.8 Å². The predicted octanol–water partition coefficient (Wildman–Crippen LogP) is 3.37. The van der Waals surface area contributed by atoms with E-state index < -0.39 is 76.1 Å². The van der Waals surface area contributed by atoms with E-state index in [1.165, 1.54) is 11.7 Å². The summed E-state index contributed by atoms with van der Waals surface area (Å²) in [6.07, 6.45) is 0.0931. The lowest BCUT2D eigenvalue weighted by atomic mass is 9.97. The van der Waals surface area contributed by atoms with E-state index in [1.807, 2.05) is 0 Å². The van der Waals surface area contributed by atoms with Crippen LogP contribution in [0, 0.1) is 17.5 Å². The van der Waals surface area contributed by atoms with Gasteiger partial charge in [0.05, 0.1) is 25.4 Å². The first-order valence-electron chi connectivity index (χ1n) is 11.1. The molecule has 9 nitrogen and oxygen atoms in total. The predicted molar refractivity (Wildman–Crippen MR) is 125 cm³/mol. The summed E-state index contributed by atoms with van der Waals surface area (Å²) in [7, 11) is 2.55. The molecule has 2 unspecified atom stereocenters. The lowest BCUT2D eigenvalue weighted by Crippen LogP contribution is -2.44. The van der Waals surface area contributed by atoms with E-state index in [9.17, 15) is 27.6 Å². The van der Waals surface area contributed by atoms with Crippen LogP contribution >= 0.6 is 0 Å². The molecule has 2 atom stereocenters. The van der Waals surface area contributed by atoms with Crippen LogP contribution in [0.15, 0.2) is 23.1 Å². The molecular formula is C24H31F3N2O7. The molecule has 0 radical (unpaired) electrons. The fourth-order valence-electron chi connectivity index (χ4n) is 4.04. The Morgan fingerprint density at radius 3 is 2.44 bits per heavy atom. The van der Waals surface area contributed by atoms with Crippen molar-refractivity contribution in [3.8, 4) is 5.75 Å². The van der Waals surface area contributed by atoms with Gasteiger partial charge in [-0.3, -0.25) is 9.59 Å². The van der Waals surface area contributed by atoms with Crippen LogP contribution < -0.4 is 15.5 Å². The average molecular weight is 517 g/mol. The van der Waals surface area contributed by atoms with E-state index in [-0.39, 0.29) is 15.2 Å². The molecule has 0 aliphatic carbocycles. The number of halogens is 3. The normalized spacial score (nSPS) is 19.4. The van der Waals surface area contributed by atoms with Gasteiger partial charge >= 0.3 is 5.97 Å². The fraction of sp³-hybridized carbons (Fsp3) is 0.458. The summed E-state index contributed by atoms with van der Waals surface area (Å²) in [5.41, 5.74) is -3.33. The number of carbonyl (C=O) groups is 2. The minimum absolute atomic E-state index is 0. The first kappa shape index (κ1) is 27.2. The van der Waals surface area contributed by atoms with E-state index in [4.69, 9.17) is 18.9 Å². The monoisotopic (exact) mass is 516 g/mol. The minimum atomic E-state index is -1.20. The number of aromatic nitrogens is 1. The Kier molecular flexibility index (Phi) is 8.09. The van der Waals surface area contributed by atoms with Crippen LogP contribution in [0.25, 0.3) is 0 Å². The molecule has 2 aromatic rings. The summed E-state index contributed by atoms with van der Waals surface area (Å²) in [5.74, 6) is -5.85. The molecule has 1 aromatic heterocycles. The number of methoxy groups -OCH3 is 2. The Bertz CT molecular complexity index is 1220. The highest BCUT2D eigenvalue weighted by molar-refractivity contribution is 5.97. The summed E-state index contributed by atoms with van der Waals surface area (Å²) in [4.78, 5) is 39.2. The summed E-state index contributed by atoms with van der Waals surface area (Å²) in [6.45, 7) is 4.54. The molecule has 3 rings (SSSR count). The molecule has 1 aliphatic heterocycles. The Balaban J connectivity index is 0.00000361. The number of esters is 1. The molecule has 1 aromatic carbocycles. The van der Waals surface area contributed by atoms with Gasteiger partial charge in [-0.1, -0.05) is 0 Å². The molecule has 200 valence electrons. The molecule has 1 fully saturated rings. The highest BCUT2D eigenvalue weighted by atomic mass is 19.1. The minimum Gasteiger partial charge on any atom is -0.491 e. The fourth-order valence-corrected chi connectivity index (χ4v) is 4.04. The van der Waals surface area contributed by atoms with E-state index >= 15 is 0 Å². The Labute approximate surface area is 208 Å². The second-order valence-corrected chi connectivity index (χ2v) is 8.65. The summed E-state index contributed by atoms with van der Waals surface area (Å²) < 4.78 is 64.1. The highest BCUT2D eigenvalue weighted by Crippen LogP contribution is 2.36. The molecule has 36 heavy (non-hydrogen) atoms. The van der Waals surface area contributed by atoms with Gasteiger partial charge in [-0.15, -0.1) is 0 Å².